The molecular weight excluding hydrogens is 459 g/mol. The lowest BCUT2D eigenvalue weighted by molar-refractivity contribution is 0.102. The Morgan fingerprint density at radius 2 is 1.76 bits per heavy atom. The fraction of sp³-hybridized carbons (Fsp3) is 0.125. The molecule has 0 saturated heterocycles. The SMILES string of the molecule is CS(=O)(=O)c1ncc(N(Cc2ccc(F)cc2)Cc2ccco2)c(C(=O)Nc2ccccc2)n1. The van der Waals surface area contributed by atoms with Crippen molar-refractivity contribution in [2.75, 3.05) is 16.5 Å². The summed E-state index contributed by atoms with van der Waals surface area (Å²) < 4.78 is 43.1. The van der Waals surface area contributed by atoms with Gasteiger partial charge in [0.25, 0.3) is 5.91 Å². The third-order valence-corrected chi connectivity index (χ3v) is 5.74. The highest BCUT2D eigenvalue weighted by atomic mass is 32.2. The zero-order valence-electron chi connectivity index (χ0n) is 18.2. The molecule has 2 aromatic heterocycles. The van der Waals surface area contributed by atoms with Crippen LogP contribution in [0.5, 0.6) is 0 Å². The van der Waals surface area contributed by atoms with Crippen LogP contribution in [0, 0.1) is 5.82 Å². The number of para-hydroxylation sites is 1. The number of carbonyl (C=O) groups excluding carboxylic acids is 1. The largest absolute Gasteiger partial charge is 0.467 e. The number of anilines is 2. The number of aromatic nitrogens is 2. The van der Waals surface area contributed by atoms with E-state index >= 15 is 0 Å². The second-order valence-corrected chi connectivity index (χ2v) is 9.45. The van der Waals surface area contributed by atoms with Gasteiger partial charge in [0, 0.05) is 18.5 Å². The average Bonchev–Trinajstić information content (AvgIpc) is 3.33. The molecular formula is C24H21FN4O4S. The molecule has 0 atom stereocenters. The molecule has 0 aliphatic carbocycles. The Morgan fingerprint density at radius 3 is 2.41 bits per heavy atom. The lowest BCUT2D eigenvalue weighted by Crippen LogP contribution is -2.27. The molecule has 1 N–H and O–H groups in total. The van der Waals surface area contributed by atoms with E-state index in [-0.39, 0.29) is 24.6 Å². The molecule has 0 unspecified atom stereocenters. The molecule has 0 saturated carbocycles. The summed E-state index contributed by atoms with van der Waals surface area (Å²) in [6.07, 6.45) is 3.80. The number of rotatable bonds is 8. The zero-order chi connectivity index (χ0) is 24.1. The van der Waals surface area contributed by atoms with E-state index in [2.05, 4.69) is 15.3 Å². The Kier molecular flexibility index (Phi) is 6.69. The van der Waals surface area contributed by atoms with Crippen LogP contribution in [0.15, 0.2) is 88.8 Å². The van der Waals surface area contributed by atoms with Crippen LogP contribution in [0.2, 0.25) is 0 Å². The van der Waals surface area contributed by atoms with Crippen LogP contribution in [0.25, 0.3) is 0 Å². The van der Waals surface area contributed by atoms with E-state index in [1.54, 1.807) is 59.5 Å². The summed E-state index contributed by atoms with van der Waals surface area (Å²) in [5.41, 5.74) is 1.46. The van der Waals surface area contributed by atoms with Gasteiger partial charge in [0.05, 0.1) is 24.7 Å². The van der Waals surface area contributed by atoms with Crippen molar-refractivity contribution in [2.24, 2.45) is 0 Å². The van der Waals surface area contributed by atoms with Gasteiger partial charge in [0.15, 0.2) is 5.69 Å². The molecule has 34 heavy (non-hydrogen) atoms. The first-order chi connectivity index (χ1) is 16.3. The number of amides is 1. The van der Waals surface area contributed by atoms with E-state index in [1.165, 1.54) is 24.6 Å². The molecule has 0 aliphatic rings. The first-order valence-corrected chi connectivity index (χ1v) is 12.1. The van der Waals surface area contributed by atoms with Gasteiger partial charge in [-0.1, -0.05) is 30.3 Å². The minimum atomic E-state index is -3.77. The highest BCUT2D eigenvalue weighted by Gasteiger charge is 2.24. The van der Waals surface area contributed by atoms with Gasteiger partial charge in [0.2, 0.25) is 15.0 Å². The van der Waals surface area contributed by atoms with E-state index in [9.17, 15) is 17.6 Å². The topological polar surface area (TPSA) is 105 Å². The van der Waals surface area contributed by atoms with Crippen molar-refractivity contribution >= 4 is 27.1 Å². The van der Waals surface area contributed by atoms with Crippen molar-refractivity contribution < 1.29 is 22.0 Å². The van der Waals surface area contributed by atoms with Gasteiger partial charge in [0.1, 0.15) is 11.6 Å². The molecule has 0 radical (unpaired) electrons. The number of hydrogen-bond donors (Lipinski definition) is 1. The Morgan fingerprint density at radius 1 is 1.03 bits per heavy atom. The molecule has 10 heteroatoms. The monoisotopic (exact) mass is 480 g/mol. The Hall–Kier alpha value is -4.05. The molecule has 174 valence electrons. The number of hydrogen-bond acceptors (Lipinski definition) is 7. The lowest BCUT2D eigenvalue weighted by Gasteiger charge is -2.25. The summed E-state index contributed by atoms with van der Waals surface area (Å²) in [6, 6.07) is 18.2. The number of benzene rings is 2. The van der Waals surface area contributed by atoms with Gasteiger partial charge in [-0.05, 0) is 42.0 Å². The molecule has 8 nitrogen and oxygen atoms in total. The number of halogens is 1. The van der Waals surface area contributed by atoms with Crippen LogP contribution in [-0.4, -0.2) is 30.5 Å². The normalized spacial score (nSPS) is 11.2. The maximum absolute atomic E-state index is 13.4. The Labute approximate surface area is 196 Å². The maximum atomic E-state index is 13.4. The molecule has 2 aromatic carbocycles. The lowest BCUT2D eigenvalue weighted by atomic mass is 10.1. The Balaban J connectivity index is 1.78. The minimum absolute atomic E-state index is 0.118. The van der Waals surface area contributed by atoms with Crippen LogP contribution in [0.4, 0.5) is 15.8 Å². The summed E-state index contributed by atoms with van der Waals surface area (Å²) in [4.78, 5) is 23.1. The van der Waals surface area contributed by atoms with Gasteiger partial charge in [-0.3, -0.25) is 4.79 Å². The summed E-state index contributed by atoms with van der Waals surface area (Å²) in [5.74, 6) is -0.370. The molecule has 0 spiro atoms. The maximum Gasteiger partial charge on any atom is 0.276 e. The molecule has 0 fully saturated rings. The molecule has 2 heterocycles. The van der Waals surface area contributed by atoms with Crippen LogP contribution in [0.3, 0.4) is 0 Å². The average molecular weight is 481 g/mol. The van der Waals surface area contributed by atoms with Crippen LogP contribution >= 0.6 is 0 Å². The first kappa shape index (κ1) is 23.1. The van der Waals surface area contributed by atoms with Gasteiger partial charge in [-0.15, -0.1) is 0 Å². The van der Waals surface area contributed by atoms with E-state index in [0.717, 1.165) is 11.8 Å². The van der Waals surface area contributed by atoms with E-state index in [0.29, 0.717) is 17.1 Å². The van der Waals surface area contributed by atoms with Crippen molar-refractivity contribution in [1.82, 2.24) is 9.97 Å². The standard InChI is InChI=1S/C24H21FN4O4S/c1-34(31,32)24-26-14-21(22(28-24)23(30)27-19-6-3-2-4-7-19)29(16-20-8-5-13-33-20)15-17-9-11-18(25)12-10-17/h2-14H,15-16H2,1H3,(H,27,30). The molecule has 1 amide bonds. The van der Waals surface area contributed by atoms with Crippen molar-refractivity contribution in [3.05, 3.63) is 102 Å². The van der Waals surface area contributed by atoms with Crippen molar-refractivity contribution in [2.45, 2.75) is 18.2 Å². The van der Waals surface area contributed by atoms with Crippen molar-refractivity contribution in [3.8, 4) is 0 Å². The fourth-order valence-electron chi connectivity index (χ4n) is 3.28. The molecule has 0 bridgehead atoms. The minimum Gasteiger partial charge on any atom is -0.467 e. The second-order valence-electron chi connectivity index (χ2n) is 7.54. The summed E-state index contributed by atoms with van der Waals surface area (Å²) in [7, 11) is -3.77. The summed E-state index contributed by atoms with van der Waals surface area (Å²) in [5, 5.41) is 2.27. The van der Waals surface area contributed by atoms with Gasteiger partial charge >= 0.3 is 0 Å². The first-order valence-electron chi connectivity index (χ1n) is 10.2. The number of sulfone groups is 1. The Bertz CT molecular complexity index is 1380. The predicted octanol–water partition coefficient (Wildman–Crippen LogP) is 4.07. The number of carbonyl (C=O) groups is 1. The number of nitrogens with zero attached hydrogens (tertiary/aromatic N) is 3. The zero-order valence-corrected chi connectivity index (χ0v) is 19.0. The fourth-order valence-corrected chi connectivity index (χ4v) is 3.78. The third kappa shape index (κ3) is 5.65. The highest BCUT2D eigenvalue weighted by Crippen LogP contribution is 2.25. The van der Waals surface area contributed by atoms with E-state index in [1.807, 2.05) is 0 Å². The van der Waals surface area contributed by atoms with E-state index < -0.39 is 20.9 Å². The summed E-state index contributed by atoms with van der Waals surface area (Å²) >= 11 is 0. The van der Waals surface area contributed by atoms with Gasteiger partial charge < -0.3 is 14.6 Å². The molecule has 4 rings (SSSR count). The van der Waals surface area contributed by atoms with Crippen LogP contribution < -0.4 is 10.2 Å². The summed E-state index contributed by atoms with van der Waals surface area (Å²) in [6.45, 7) is 0.492. The quantitative estimate of drug-likeness (QED) is 0.379. The molecule has 0 aliphatic heterocycles. The van der Waals surface area contributed by atoms with Crippen LogP contribution in [0.1, 0.15) is 21.8 Å². The van der Waals surface area contributed by atoms with Gasteiger partial charge in [-0.25, -0.2) is 22.8 Å². The van der Waals surface area contributed by atoms with Crippen molar-refractivity contribution in [3.63, 3.8) is 0 Å². The van der Waals surface area contributed by atoms with E-state index in [4.69, 9.17) is 4.42 Å². The highest BCUT2D eigenvalue weighted by molar-refractivity contribution is 7.90. The van der Waals surface area contributed by atoms with Crippen molar-refractivity contribution in [1.29, 1.82) is 0 Å². The smallest absolute Gasteiger partial charge is 0.276 e. The predicted molar refractivity (Wildman–Crippen MR) is 125 cm³/mol. The number of nitrogens with one attached hydrogen (secondary N) is 1. The van der Waals surface area contributed by atoms with Crippen LogP contribution in [-0.2, 0) is 22.9 Å². The number of furan rings is 1. The molecule has 4 aromatic rings. The second kappa shape index (κ2) is 9.84. The van der Waals surface area contributed by atoms with Gasteiger partial charge in [-0.2, -0.15) is 0 Å². The third-order valence-electron chi connectivity index (χ3n) is 4.88.